The molecule has 2 fully saturated rings. The third-order valence-electron chi connectivity index (χ3n) is 7.98. The molecule has 2 aromatic carbocycles. The summed E-state index contributed by atoms with van der Waals surface area (Å²) in [6.07, 6.45) is 3.05. The highest BCUT2D eigenvalue weighted by Crippen LogP contribution is 2.37. The van der Waals surface area contributed by atoms with E-state index < -0.39 is 35.7 Å². The van der Waals surface area contributed by atoms with Crippen molar-refractivity contribution in [2.24, 2.45) is 0 Å². The van der Waals surface area contributed by atoms with Crippen LogP contribution >= 0.6 is 0 Å². The molecule has 5 rings (SSSR count). The van der Waals surface area contributed by atoms with Crippen LogP contribution in [-0.2, 0) is 19.2 Å². The van der Waals surface area contributed by atoms with Gasteiger partial charge in [0.15, 0.2) is 0 Å². The number of carbonyl (C=O) groups is 6. The lowest BCUT2D eigenvalue weighted by Gasteiger charge is -2.29. The maximum absolute atomic E-state index is 12.8. The van der Waals surface area contributed by atoms with Gasteiger partial charge in [0.2, 0.25) is 0 Å². The average Bonchev–Trinajstić information content (AvgIpc) is 3.25. The molecular formula is C31H31N5O6. The Morgan fingerprint density at radius 1 is 0.548 bits per heavy atom. The molecule has 2 saturated heterocycles. The van der Waals surface area contributed by atoms with Crippen molar-refractivity contribution >= 4 is 69.6 Å². The van der Waals surface area contributed by atoms with E-state index in [4.69, 9.17) is 0 Å². The molecule has 0 radical (unpaired) electrons. The second kappa shape index (κ2) is 9.79. The highest BCUT2D eigenvalue weighted by molar-refractivity contribution is 6.31. The Hall–Kier alpha value is -5.06. The summed E-state index contributed by atoms with van der Waals surface area (Å²) in [5.41, 5.74) is 4.51. The van der Waals surface area contributed by atoms with E-state index in [1.54, 1.807) is 0 Å². The first-order valence-corrected chi connectivity index (χ1v) is 13.4. The molecule has 0 aliphatic carbocycles. The lowest BCUT2D eigenvalue weighted by Crippen LogP contribution is -2.52. The smallest absolute Gasteiger partial charge is 0.333 e. The fourth-order valence-corrected chi connectivity index (χ4v) is 5.51. The van der Waals surface area contributed by atoms with Gasteiger partial charge in [-0.15, -0.1) is 0 Å². The van der Waals surface area contributed by atoms with Gasteiger partial charge in [0.25, 0.3) is 23.6 Å². The highest BCUT2D eigenvalue weighted by Gasteiger charge is 2.39. The van der Waals surface area contributed by atoms with Crippen molar-refractivity contribution in [3.05, 3.63) is 57.7 Å². The van der Waals surface area contributed by atoms with Crippen molar-refractivity contribution in [3.8, 4) is 0 Å². The van der Waals surface area contributed by atoms with Gasteiger partial charge >= 0.3 is 12.1 Å². The van der Waals surface area contributed by atoms with Gasteiger partial charge < -0.3 is 4.57 Å². The maximum atomic E-state index is 12.8. The molecule has 1 aromatic heterocycles. The van der Waals surface area contributed by atoms with Crippen LogP contribution in [0.3, 0.4) is 0 Å². The van der Waals surface area contributed by atoms with Crippen LogP contribution in [0, 0.1) is 13.8 Å². The van der Waals surface area contributed by atoms with E-state index in [0.29, 0.717) is 11.1 Å². The zero-order valence-corrected chi connectivity index (χ0v) is 24.7. The number of hydrogen-bond donors (Lipinski definition) is 0. The van der Waals surface area contributed by atoms with Gasteiger partial charge in [0.05, 0.1) is 0 Å². The number of benzene rings is 2. The van der Waals surface area contributed by atoms with E-state index in [9.17, 15) is 28.8 Å². The third kappa shape index (κ3) is 4.11. The zero-order valence-electron chi connectivity index (χ0n) is 24.7. The minimum Gasteiger partial charge on any atom is -0.338 e. The molecule has 0 spiro atoms. The summed E-state index contributed by atoms with van der Waals surface area (Å²) in [5.74, 6) is -2.65. The molecule has 0 N–H and O–H groups in total. The van der Waals surface area contributed by atoms with Gasteiger partial charge in [-0.05, 0) is 86.4 Å². The van der Waals surface area contributed by atoms with Crippen LogP contribution < -0.4 is 0 Å². The fraction of sp³-hybridized carbons (Fsp3) is 0.290. The number of aromatic nitrogens is 1. The summed E-state index contributed by atoms with van der Waals surface area (Å²) < 4.78 is 2.12. The summed E-state index contributed by atoms with van der Waals surface area (Å²) in [6, 6.07) is 6.48. The minimum atomic E-state index is -0.683. The number of carbonyl (C=O) groups excluding carboxylic acids is 6. The second-order valence-corrected chi connectivity index (χ2v) is 11.1. The van der Waals surface area contributed by atoms with Crippen LogP contribution in [-0.4, -0.2) is 88.0 Å². The predicted molar refractivity (Wildman–Crippen MR) is 157 cm³/mol. The fourth-order valence-electron chi connectivity index (χ4n) is 5.51. The molecule has 0 saturated carbocycles. The van der Waals surface area contributed by atoms with Crippen LogP contribution in [0.2, 0.25) is 0 Å². The van der Waals surface area contributed by atoms with E-state index in [-0.39, 0.29) is 17.2 Å². The van der Waals surface area contributed by atoms with Crippen LogP contribution in [0.15, 0.2) is 35.4 Å². The van der Waals surface area contributed by atoms with Crippen LogP contribution in [0.25, 0.3) is 34.0 Å². The molecule has 11 heteroatoms. The van der Waals surface area contributed by atoms with E-state index in [0.717, 1.165) is 52.5 Å². The molecule has 0 unspecified atom stereocenters. The first kappa shape index (κ1) is 28.5. The number of urea groups is 2. The summed E-state index contributed by atoms with van der Waals surface area (Å²) in [5, 5.41) is 1.92. The Balaban J connectivity index is 1.72. The van der Waals surface area contributed by atoms with Crippen molar-refractivity contribution in [2.75, 3.05) is 28.2 Å². The molecule has 3 heterocycles. The summed E-state index contributed by atoms with van der Waals surface area (Å²) >= 11 is 0. The van der Waals surface area contributed by atoms with Crippen molar-refractivity contribution in [1.29, 1.82) is 0 Å². The van der Waals surface area contributed by atoms with Gasteiger partial charge in [0, 0.05) is 56.0 Å². The predicted octanol–water partition coefficient (Wildman–Crippen LogP) is 3.86. The van der Waals surface area contributed by atoms with Crippen LogP contribution in [0.5, 0.6) is 0 Å². The lowest BCUT2D eigenvalue weighted by atomic mass is 9.98. The summed E-state index contributed by atoms with van der Waals surface area (Å²) in [7, 11) is 5.36. The molecule has 0 bridgehead atoms. The average molecular weight is 570 g/mol. The third-order valence-corrected chi connectivity index (χ3v) is 7.98. The lowest BCUT2D eigenvalue weighted by molar-refractivity contribution is -0.135. The molecule has 42 heavy (non-hydrogen) atoms. The number of rotatable bonds is 3. The maximum Gasteiger partial charge on any atom is 0.333 e. The van der Waals surface area contributed by atoms with Crippen molar-refractivity contribution in [1.82, 2.24) is 24.2 Å². The Labute approximate surface area is 242 Å². The summed E-state index contributed by atoms with van der Waals surface area (Å²) in [6.45, 7) is 7.84. The first-order chi connectivity index (χ1) is 19.6. The second-order valence-electron chi connectivity index (χ2n) is 11.1. The van der Waals surface area contributed by atoms with E-state index in [1.165, 1.54) is 40.3 Å². The largest absolute Gasteiger partial charge is 0.338 e. The first-order valence-electron chi connectivity index (χ1n) is 13.4. The minimum absolute atomic E-state index is 0.00270. The standard InChI is InChI=1S/C31H31N5O6/c1-15(2)36-24-13-18(11-22-26(37)32(5)30(41)33(6)27(22)38)16(3)9-20(24)21-10-17(4)19(14-25(21)36)12-23-28(39)34(7)31(42)35(8)29(23)40/h9-15H,1-8H3. The number of fused-ring (bicyclic) bond motifs is 3. The Kier molecular flexibility index (Phi) is 6.64. The summed E-state index contributed by atoms with van der Waals surface area (Å²) in [4.78, 5) is 79.4. The van der Waals surface area contributed by atoms with Gasteiger partial charge in [-0.25, -0.2) is 9.59 Å². The molecule has 8 amide bonds. The molecule has 3 aromatic rings. The Bertz CT molecular complexity index is 1680. The molecular weight excluding hydrogens is 538 g/mol. The van der Waals surface area contributed by atoms with E-state index >= 15 is 0 Å². The van der Waals surface area contributed by atoms with Crippen molar-refractivity contribution in [3.63, 3.8) is 0 Å². The SMILES string of the molecule is Cc1cc2c3cc(C)c(C=C4C(=O)N(C)C(=O)N(C)C4=O)cc3n(C(C)C)c2cc1C=C1C(=O)N(C)C(=O)N(C)C1=O. The van der Waals surface area contributed by atoms with Crippen molar-refractivity contribution in [2.45, 2.75) is 33.7 Å². The normalized spacial score (nSPS) is 16.8. The Morgan fingerprint density at radius 3 is 1.14 bits per heavy atom. The van der Waals surface area contributed by atoms with Gasteiger partial charge in [0.1, 0.15) is 11.1 Å². The van der Waals surface area contributed by atoms with Gasteiger partial charge in [-0.2, -0.15) is 0 Å². The zero-order chi connectivity index (χ0) is 30.9. The number of aryl methyl sites for hydroxylation is 2. The Morgan fingerprint density at radius 2 is 0.857 bits per heavy atom. The highest BCUT2D eigenvalue weighted by atomic mass is 16.2. The molecule has 0 atom stereocenters. The molecule has 11 nitrogen and oxygen atoms in total. The molecule has 216 valence electrons. The number of hydrogen-bond acceptors (Lipinski definition) is 6. The number of imide groups is 4. The van der Waals surface area contributed by atoms with Crippen molar-refractivity contribution < 1.29 is 28.8 Å². The number of likely N-dealkylation sites (N-methyl/N-ethyl adjacent to an activating group) is 4. The van der Waals surface area contributed by atoms with Gasteiger partial charge in [-0.1, -0.05) is 0 Å². The number of amides is 8. The topological polar surface area (TPSA) is 120 Å². The molecule has 2 aliphatic heterocycles. The van der Waals surface area contributed by atoms with E-state index in [2.05, 4.69) is 4.57 Å². The molecule has 2 aliphatic rings. The van der Waals surface area contributed by atoms with Crippen LogP contribution in [0.4, 0.5) is 9.59 Å². The van der Waals surface area contributed by atoms with Gasteiger partial charge in [-0.3, -0.25) is 38.8 Å². The quantitative estimate of drug-likeness (QED) is 0.349. The van der Waals surface area contributed by atoms with E-state index in [1.807, 2.05) is 52.0 Å². The van der Waals surface area contributed by atoms with Crippen LogP contribution in [0.1, 0.15) is 42.1 Å². The number of nitrogens with zero attached hydrogens (tertiary/aromatic N) is 5. The monoisotopic (exact) mass is 569 g/mol. The number of barbiturate groups is 2.